The van der Waals surface area contributed by atoms with Crippen LogP contribution in [-0.2, 0) is 23.2 Å². The summed E-state index contributed by atoms with van der Waals surface area (Å²) >= 11 is 0. The Balaban J connectivity index is 0.754. The highest BCUT2D eigenvalue weighted by molar-refractivity contribution is 6.00. The third-order valence-electron chi connectivity index (χ3n) is 12.2. The summed E-state index contributed by atoms with van der Waals surface area (Å²) in [5, 5.41) is 16.2. The number of piperazine rings is 1. The number of fused-ring (bicyclic) bond motifs is 2. The number of nitrogens with one attached hydrogen (secondary N) is 4. The number of nitrogens with zero attached hydrogens (tertiary/aromatic N) is 8. The number of halogens is 1. The molecule has 0 bridgehead atoms. The van der Waals surface area contributed by atoms with Crippen LogP contribution in [0.2, 0.25) is 0 Å². The van der Waals surface area contributed by atoms with Crippen LogP contribution in [0.1, 0.15) is 41.4 Å². The van der Waals surface area contributed by atoms with E-state index in [9.17, 15) is 23.6 Å². The smallest absolute Gasteiger partial charge is 0.329 e. The van der Waals surface area contributed by atoms with Crippen molar-refractivity contribution in [2.24, 2.45) is 7.05 Å². The Labute approximate surface area is 360 Å². The molecule has 1 aliphatic carbocycles. The molecule has 0 radical (unpaired) electrons. The lowest BCUT2D eigenvalue weighted by Gasteiger charge is -2.36. The molecule has 7 aromatic rings. The highest BCUT2D eigenvalue weighted by Crippen LogP contribution is 2.31. The van der Waals surface area contributed by atoms with E-state index in [1.807, 2.05) is 60.8 Å². The highest BCUT2D eigenvalue weighted by atomic mass is 19.1. The minimum absolute atomic E-state index is 0.200. The first-order chi connectivity index (χ1) is 30.6. The van der Waals surface area contributed by atoms with Crippen molar-refractivity contribution in [1.29, 1.82) is 0 Å². The zero-order chi connectivity index (χ0) is 43.4. The monoisotopic (exact) mass is 848 g/mol. The summed E-state index contributed by atoms with van der Waals surface area (Å²) in [6, 6.07) is 27.0. The van der Waals surface area contributed by atoms with Crippen LogP contribution < -0.4 is 31.9 Å². The number of rotatable bonds is 11. The lowest BCUT2D eigenvalue weighted by Crippen LogP contribution is -2.45. The molecule has 63 heavy (non-hydrogen) atoms. The third kappa shape index (κ3) is 7.75. The number of imidazole rings is 2. The van der Waals surface area contributed by atoms with Gasteiger partial charge in [0.05, 0.1) is 34.7 Å². The largest absolute Gasteiger partial charge is 0.385 e. The third-order valence-corrected chi connectivity index (χ3v) is 12.2. The van der Waals surface area contributed by atoms with Crippen molar-refractivity contribution in [3.8, 4) is 22.4 Å². The van der Waals surface area contributed by atoms with Gasteiger partial charge in [0.25, 0.3) is 5.91 Å². The fourth-order valence-corrected chi connectivity index (χ4v) is 8.58. The van der Waals surface area contributed by atoms with Gasteiger partial charge in [0.2, 0.25) is 11.8 Å². The summed E-state index contributed by atoms with van der Waals surface area (Å²) in [6.45, 7) is 4.39. The number of aromatic nitrogens is 6. The van der Waals surface area contributed by atoms with Gasteiger partial charge >= 0.3 is 5.69 Å². The molecule has 320 valence electrons. The molecule has 16 nitrogen and oxygen atoms in total. The number of piperidine rings is 1. The van der Waals surface area contributed by atoms with E-state index in [0.29, 0.717) is 35.5 Å². The number of alkyl halides is 1. The van der Waals surface area contributed by atoms with Gasteiger partial charge in [0.1, 0.15) is 12.2 Å². The number of carbonyl (C=O) groups is 3. The minimum atomic E-state index is -1.01. The van der Waals surface area contributed by atoms with E-state index >= 15 is 0 Å². The van der Waals surface area contributed by atoms with Crippen LogP contribution in [-0.4, -0.2) is 96.8 Å². The lowest BCUT2D eigenvalue weighted by molar-refractivity contribution is -0.135. The molecule has 2 saturated heterocycles. The summed E-state index contributed by atoms with van der Waals surface area (Å²) in [6.07, 6.45) is 3.18. The van der Waals surface area contributed by atoms with Gasteiger partial charge < -0.3 is 20.9 Å². The number of benzene rings is 3. The van der Waals surface area contributed by atoms with Gasteiger partial charge in [-0.3, -0.25) is 38.7 Å². The number of pyridine rings is 1. The first-order valence-electron chi connectivity index (χ1n) is 21.1. The molecule has 4 aromatic heterocycles. The highest BCUT2D eigenvalue weighted by Gasteiger charge is 2.39. The normalized spacial score (nSPS) is 19.0. The van der Waals surface area contributed by atoms with Gasteiger partial charge in [-0.2, -0.15) is 0 Å². The van der Waals surface area contributed by atoms with Crippen molar-refractivity contribution in [2.45, 2.75) is 44.1 Å². The maximum atomic E-state index is 13.5. The fourth-order valence-electron chi connectivity index (χ4n) is 8.58. The quantitative estimate of drug-likeness (QED) is 0.129. The Bertz CT molecular complexity index is 2970. The van der Waals surface area contributed by atoms with E-state index in [0.717, 1.165) is 77.6 Å². The van der Waals surface area contributed by atoms with Crippen molar-refractivity contribution < 1.29 is 18.8 Å². The number of amides is 3. The number of hydrogen-bond donors (Lipinski definition) is 4. The topological polar surface area (TPSA) is 176 Å². The second kappa shape index (κ2) is 16.1. The molecule has 4 N–H and O–H groups in total. The van der Waals surface area contributed by atoms with Gasteiger partial charge in [-0.05, 0) is 65.6 Å². The molecule has 3 amide bonds. The molecule has 3 aromatic carbocycles. The van der Waals surface area contributed by atoms with E-state index in [-0.39, 0.29) is 23.7 Å². The molecule has 3 aliphatic rings. The molecule has 2 aliphatic heterocycles. The average molecular weight is 849 g/mol. The Morgan fingerprint density at radius 1 is 0.873 bits per heavy atom. The van der Waals surface area contributed by atoms with Crippen LogP contribution in [0.25, 0.3) is 39.1 Å². The van der Waals surface area contributed by atoms with E-state index < -0.39 is 30.1 Å². The summed E-state index contributed by atoms with van der Waals surface area (Å²) in [7, 11) is 3.48. The molecule has 3 atom stereocenters. The van der Waals surface area contributed by atoms with E-state index in [1.54, 1.807) is 18.7 Å². The van der Waals surface area contributed by atoms with Crippen LogP contribution in [0.15, 0.2) is 102 Å². The first-order valence-corrected chi connectivity index (χ1v) is 21.1. The predicted octanol–water partition coefficient (Wildman–Crippen LogP) is 5.04. The van der Waals surface area contributed by atoms with Crippen LogP contribution in [0.5, 0.6) is 0 Å². The van der Waals surface area contributed by atoms with E-state index in [2.05, 4.69) is 71.5 Å². The maximum Gasteiger partial charge on any atom is 0.329 e. The molecule has 3 fully saturated rings. The second-order valence-corrected chi connectivity index (χ2v) is 16.4. The van der Waals surface area contributed by atoms with Crippen molar-refractivity contribution in [3.05, 3.63) is 119 Å². The number of imide groups is 1. The number of aryl methyl sites for hydroxylation is 1. The van der Waals surface area contributed by atoms with Crippen molar-refractivity contribution in [3.63, 3.8) is 0 Å². The van der Waals surface area contributed by atoms with Gasteiger partial charge in [0.15, 0.2) is 17.2 Å². The molecule has 0 spiro atoms. The van der Waals surface area contributed by atoms with Crippen molar-refractivity contribution in [1.82, 2.24) is 44.2 Å². The zero-order valence-corrected chi connectivity index (χ0v) is 34.7. The molecule has 17 heteroatoms. The number of carbonyl (C=O) groups excluding carboxylic acids is 3. The van der Waals surface area contributed by atoms with E-state index in [4.69, 9.17) is 4.98 Å². The van der Waals surface area contributed by atoms with Crippen molar-refractivity contribution in [2.75, 3.05) is 48.8 Å². The Morgan fingerprint density at radius 2 is 1.67 bits per heavy atom. The van der Waals surface area contributed by atoms with Gasteiger partial charge in [-0.1, -0.05) is 36.4 Å². The van der Waals surface area contributed by atoms with Crippen LogP contribution >= 0.6 is 0 Å². The second-order valence-electron chi connectivity index (χ2n) is 16.4. The molecular weight excluding hydrogens is 804 g/mol. The Kier molecular flexibility index (Phi) is 10.2. The van der Waals surface area contributed by atoms with Gasteiger partial charge in [0, 0.05) is 88.9 Å². The fraction of sp³-hybridized carbons (Fsp3) is 0.283. The molecule has 10 rings (SSSR count). The van der Waals surface area contributed by atoms with Crippen molar-refractivity contribution >= 4 is 57.3 Å². The zero-order valence-electron chi connectivity index (χ0n) is 34.7. The molecule has 1 unspecified atom stereocenters. The van der Waals surface area contributed by atoms with E-state index in [1.165, 1.54) is 15.3 Å². The number of hydrogen-bond acceptors (Lipinski definition) is 11. The SMILES string of the molecule is CNc1cc(Nc2cccc(-c3ccc(CN4CCN(c5ccc(-c6ccc7c(c6)n(C)c(=O)n7C6CCC(=O)NC6=O)cc5)CC4)cn3)c2)nn2c(C(=O)N[C@@H]3C[C@@H]3F)cnc12. The maximum absolute atomic E-state index is 13.5. The standard InChI is InChI=1S/C46H45FN12O4/c1-48-36-23-41(54-59-40(25-50-43(36)59)45(62)52-35-22-33(35)47)51-31-5-3-4-30(20-31)34-12-6-27(24-49-34)26-56-16-18-57(19-17-56)32-10-7-28(8-11-32)29-9-13-37-39(21-29)55(2)46(63)58(37)38-14-15-42(60)53-44(38)61/h3-13,20-21,23-25,33,35,38,48H,14-19,22,26H2,1-2H3,(H,51,54)(H,52,62)(H,53,60,61)/t33-,35+,38?/m0/s1. The lowest BCUT2D eigenvalue weighted by atomic mass is 10.0. The predicted molar refractivity (Wildman–Crippen MR) is 238 cm³/mol. The summed E-state index contributed by atoms with van der Waals surface area (Å²) < 4.78 is 18.0. The molecule has 1 saturated carbocycles. The molecule has 6 heterocycles. The minimum Gasteiger partial charge on any atom is -0.385 e. The summed E-state index contributed by atoms with van der Waals surface area (Å²) in [5.41, 5.74) is 9.33. The van der Waals surface area contributed by atoms with Crippen LogP contribution in [0.4, 0.5) is 27.3 Å². The summed E-state index contributed by atoms with van der Waals surface area (Å²) in [4.78, 5) is 64.5. The summed E-state index contributed by atoms with van der Waals surface area (Å²) in [5.74, 6) is -0.683. The van der Waals surface area contributed by atoms with Crippen LogP contribution in [0.3, 0.4) is 0 Å². The number of anilines is 4. The van der Waals surface area contributed by atoms with Gasteiger partial charge in [-0.25, -0.2) is 18.7 Å². The molecular formula is C46H45FN12O4. The Hall–Kier alpha value is -7.40. The average Bonchev–Trinajstić information content (AvgIpc) is 3.71. The first kappa shape index (κ1) is 39.7. The Morgan fingerprint density at radius 3 is 2.40 bits per heavy atom. The van der Waals surface area contributed by atoms with Crippen LogP contribution in [0, 0.1) is 0 Å². The van der Waals surface area contributed by atoms with Gasteiger partial charge in [-0.15, -0.1) is 5.10 Å².